The van der Waals surface area contributed by atoms with E-state index in [0.717, 1.165) is 35.4 Å². The molecule has 1 aliphatic heterocycles. The summed E-state index contributed by atoms with van der Waals surface area (Å²) < 4.78 is 6.05. The summed E-state index contributed by atoms with van der Waals surface area (Å²) in [6, 6.07) is 3.57. The van der Waals surface area contributed by atoms with Crippen LogP contribution in [0.2, 0.25) is 0 Å². The second kappa shape index (κ2) is 6.78. The van der Waals surface area contributed by atoms with Crippen molar-refractivity contribution in [2.45, 2.75) is 39.3 Å². The maximum atomic E-state index is 12.8. The Morgan fingerprint density at radius 1 is 1.38 bits per heavy atom. The van der Waals surface area contributed by atoms with Crippen molar-refractivity contribution >= 4 is 38.2 Å². The third-order valence-electron chi connectivity index (χ3n) is 4.97. The van der Waals surface area contributed by atoms with E-state index >= 15 is 0 Å². The maximum Gasteiger partial charge on any atom is 0.256 e. The SMILES string of the molecule is CCOc1cc([C@@H]2NC(=O)c3c(sc4c3CC[C@@H](C)C4)N2)cc(Br)c1O. The summed E-state index contributed by atoms with van der Waals surface area (Å²) in [5.74, 6) is 1.11. The average Bonchev–Trinajstić information content (AvgIpc) is 2.96. The molecule has 5 nitrogen and oxygen atoms in total. The normalized spacial score (nSPS) is 21.4. The standard InChI is InChI=1S/C19H21BrN2O3S/c1-3-25-13-8-10(7-12(20)16(13)23)17-21-18(24)15-11-5-4-9(2)6-14(11)26-19(15)22-17/h7-9,17,22-23H,3-6H2,1-2H3,(H,21,24)/t9-,17-/m1/s1. The number of thiophene rings is 1. The Labute approximate surface area is 164 Å². The van der Waals surface area contributed by atoms with Gasteiger partial charge in [-0.3, -0.25) is 4.79 Å². The number of carbonyl (C=O) groups excluding carboxylic acids is 1. The molecule has 2 aliphatic rings. The molecule has 3 N–H and O–H groups in total. The molecule has 1 aromatic heterocycles. The summed E-state index contributed by atoms with van der Waals surface area (Å²) in [5.41, 5.74) is 2.86. The fourth-order valence-corrected chi connectivity index (χ4v) is 5.55. The Bertz CT molecular complexity index is 880. The number of ether oxygens (including phenoxy) is 1. The number of benzene rings is 1. The van der Waals surface area contributed by atoms with Crippen molar-refractivity contribution in [3.63, 3.8) is 0 Å². The number of phenols is 1. The van der Waals surface area contributed by atoms with Crippen LogP contribution in [0.3, 0.4) is 0 Å². The van der Waals surface area contributed by atoms with Crippen molar-refractivity contribution in [1.29, 1.82) is 0 Å². The number of hydrogen-bond acceptors (Lipinski definition) is 5. The zero-order chi connectivity index (χ0) is 18.4. The molecular weight excluding hydrogens is 416 g/mol. The van der Waals surface area contributed by atoms with Crippen LogP contribution in [0.5, 0.6) is 11.5 Å². The van der Waals surface area contributed by atoms with E-state index in [2.05, 4.69) is 33.5 Å². The van der Waals surface area contributed by atoms with E-state index in [1.54, 1.807) is 23.5 Å². The minimum atomic E-state index is -0.358. The van der Waals surface area contributed by atoms with E-state index in [1.807, 2.05) is 6.92 Å². The number of hydrogen-bond donors (Lipinski definition) is 3. The molecule has 4 rings (SSSR count). The lowest BCUT2D eigenvalue weighted by Gasteiger charge is -2.27. The van der Waals surface area contributed by atoms with Crippen molar-refractivity contribution in [2.75, 3.05) is 11.9 Å². The first-order valence-electron chi connectivity index (χ1n) is 8.85. The molecule has 0 saturated carbocycles. The van der Waals surface area contributed by atoms with E-state index in [0.29, 0.717) is 22.7 Å². The maximum absolute atomic E-state index is 12.8. The average molecular weight is 437 g/mol. The van der Waals surface area contributed by atoms with Gasteiger partial charge in [0.2, 0.25) is 0 Å². The highest BCUT2D eigenvalue weighted by atomic mass is 79.9. The highest BCUT2D eigenvalue weighted by molar-refractivity contribution is 9.10. The van der Waals surface area contributed by atoms with Crippen LogP contribution >= 0.6 is 27.3 Å². The minimum absolute atomic E-state index is 0.0297. The lowest BCUT2D eigenvalue weighted by molar-refractivity contribution is 0.0935. The summed E-state index contributed by atoms with van der Waals surface area (Å²) in [4.78, 5) is 14.1. The summed E-state index contributed by atoms with van der Waals surface area (Å²) in [6.07, 6.45) is 2.80. The van der Waals surface area contributed by atoms with Crippen molar-refractivity contribution in [3.05, 3.63) is 38.2 Å². The van der Waals surface area contributed by atoms with E-state index in [1.165, 1.54) is 10.4 Å². The van der Waals surface area contributed by atoms with E-state index in [-0.39, 0.29) is 17.8 Å². The predicted octanol–water partition coefficient (Wildman–Crippen LogP) is 4.59. The number of nitrogens with one attached hydrogen (secondary N) is 2. The molecule has 0 unspecified atom stereocenters. The number of rotatable bonds is 3. The lowest BCUT2D eigenvalue weighted by Crippen LogP contribution is -2.38. The van der Waals surface area contributed by atoms with Crippen LogP contribution in [0, 0.1) is 5.92 Å². The van der Waals surface area contributed by atoms with Gasteiger partial charge in [0.15, 0.2) is 11.5 Å². The second-order valence-electron chi connectivity index (χ2n) is 6.89. The highest BCUT2D eigenvalue weighted by Crippen LogP contribution is 2.44. The molecule has 2 atom stereocenters. The fourth-order valence-electron chi connectivity index (χ4n) is 3.66. The molecule has 0 bridgehead atoms. The Morgan fingerprint density at radius 2 is 2.19 bits per heavy atom. The first-order valence-corrected chi connectivity index (χ1v) is 10.5. The van der Waals surface area contributed by atoms with Gasteiger partial charge in [0, 0.05) is 4.88 Å². The Morgan fingerprint density at radius 3 is 2.96 bits per heavy atom. The van der Waals surface area contributed by atoms with Gasteiger partial charge in [0.25, 0.3) is 5.91 Å². The van der Waals surface area contributed by atoms with E-state index < -0.39 is 0 Å². The molecule has 1 amide bonds. The molecule has 0 fully saturated rings. The number of anilines is 1. The quantitative estimate of drug-likeness (QED) is 0.657. The van der Waals surface area contributed by atoms with Crippen molar-refractivity contribution in [3.8, 4) is 11.5 Å². The van der Waals surface area contributed by atoms with E-state index in [4.69, 9.17) is 4.74 Å². The Balaban J connectivity index is 1.69. The highest BCUT2D eigenvalue weighted by Gasteiger charge is 2.33. The molecule has 0 spiro atoms. The first-order chi connectivity index (χ1) is 12.5. The first kappa shape index (κ1) is 17.7. The van der Waals surface area contributed by atoms with Gasteiger partial charge in [-0.1, -0.05) is 6.92 Å². The monoisotopic (exact) mass is 436 g/mol. The fraction of sp³-hybridized carbons (Fsp3) is 0.421. The molecule has 1 aliphatic carbocycles. The van der Waals surface area contributed by atoms with Gasteiger partial charge in [-0.15, -0.1) is 11.3 Å². The van der Waals surface area contributed by atoms with Crippen molar-refractivity contribution in [2.24, 2.45) is 5.92 Å². The molecule has 26 heavy (non-hydrogen) atoms. The molecule has 0 saturated heterocycles. The second-order valence-corrected chi connectivity index (χ2v) is 8.85. The summed E-state index contributed by atoms with van der Waals surface area (Å²) in [7, 11) is 0. The van der Waals surface area contributed by atoms with Gasteiger partial charge < -0.3 is 20.5 Å². The molecule has 2 heterocycles. The number of phenolic OH excluding ortho intramolecular Hbond substituents is 1. The van der Waals surface area contributed by atoms with Crippen LogP contribution in [0.15, 0.2) is 16.6 Å². The topological polar surface area (TPSA) is 70.6 Å². The number of carbonyl (C=O) groups is 1. The zero-order valence-corrected chi connectivity index (χ0v) is 17.1. The molecule has 138 valence electrons. The molecule has 7 heteroatoms. The van der Waals surface area contributed by atoms with Crippen LogP contribution < -0.4 is 15.4 Å². The van der Waals surface area contributed by atoms with Crippen LogP contribution in [0.25, 0.3) is 0 Å². The molecule has 0 radical (unpaired) electrons. The van der Waals surface area contributed by atoms with Crippen LogP contribution in [0.4, 0.5) is 5.00 Å². The summed E-state index contributed by atoms with van der Waals surface area (Å²) in [6.45, 7) is 4.58. The van der Waals surface area contributed by atoms with Crippen LogP contribution in [0.1, 0.15) is 52.8 Å². The third kappa shape index (κ3) is 2.97. The minimum Gasteiger partial charge on any atom is -0.503 e. The number of amides is 1. The lowest BCUT2D eigenvalue weighted by atomic mass is 9.88. The predicted molar refractivity (Wildman–Crippen MR) is 106 cm³/mol. The third-order valence-corrected chi connectivity index (χ3v) is 6.76. The van der Waals surface area contributed by atoms with Crippen molar-refractivity contribution in [1.82, 2.24) is 5.32 Å². The molecular formula is C19H21BrN2O3S. The zero-order valence-electron chi connectivity index (χ0n) is 14.7. The Kier molecular flexibility index (Phi) is 4.61. The van der Waals surface area contributed by atoms with E-state index in [9.17, 15) is 9.90 Å². The van der Waals surface area contributed by atoms with Gasteiger partial charge in [0.1, 0.15) is 11.2 Å². The van der Waals surface area contributed by atoms with Crippen LogP contribution in [-0.4, -0.2) is 17.6 Å². The number of halogens is 1. The molecule has 1 aromatic carbocycles. The van der Waals surface area contributed by atoms with Gasteiger partial charge in [0.05, 0.1) is 16.6 Å². The Hall–Kier alpha value is -1.73. The van der Waals surface area contributed by atoms with Crippen LogP contribution in [-0.2, 0) is 12.8 Å². The summed E-state index contributed by atoms with van der Waals surface area (Å²) >= 11 is 5.07. The van der Waals surface area contributed by atoms with Crippen molar-refractivity contribution < 1.29 is 14.6 Å². The smallest absolute Gasteiger partial charge is 0.256 e. The van der Waals surface area contributed by atoms with Gasteiger partial charge in [-0.2, -0.15) is 0 Å². The largest absolute Gasteiger partial charge is 0.503 e. The number of aromatic hydroxyl groups is 1. The van der Waals surface area contributed by atoms with Gasteiger partial charge >= 0.3 is 0 Å². The van der Waals surface area contributed by atoms with Gasteiger partial charge in [-0.25, -0.2) is 0 Å². The molecule has 2 aromatic rings. The summed E-state index contributed by atoms with van der Waals surface area (Å²) in [5, 5.41) is 17.6. The van der Waals surface area contributed by atoms with Gasteiger partial charge in [-0.05, 0) is 71.3 Å². The number of fused-ring (bicyclic) bond motifs is 3.